The molecule has 0 heterocycles. The molecule has 8 heteroatoms. The van der Waals surface area contributed by atoms with Crippen LogP contribution in [-0.2, 0) is 26.5 Å². The highest BCUT2D eigenvalue weighted by atomic mass is 32.2. The molecule has 0 fully saturated rings. The Hall–Kier alpha value is -1.90. The molecule has 2 rings (SSSR count). The molecule has 0 unspecified atom stereocenters. The predicted molar refractivity (Wildman–Crippen MR) is 103 cm³/mol. The number of hydrogen-bond acceptors (Lipinski definition) is 4. The van der Waals surface area contributed by atoms with E-state index in [1.165, 1.54) is 20.2 Å². The van der Waals surface area contributed by atoms with Gasteiger partial charge in [0.15, 0.2) is 0 Å². The lowest BCUT2D eigenvalue weighted by Crippen LogP contribution is -2.23. The van der Waals surface area contributed by atoms with Crippen LogP contribution in [0.4, 0.5) is 5.69 Å². The Morgan fingerprint density at radius 2 is 1.50 bits per heavy atom. The van der Waals surface area contributed by atoms with Gasteiger partial charge in [-0.15, -0.1) is 0 Å². The third-order valence-electron chi connectivity index (χ3n) is 4.31. The van der Waals surface area contributed by atoms with Crippen LogP contribution in [0.15, 0.2) is 46.2 Å². The Morgan fingerprint density at radius 3 is 2.00 bits per heavy atom. The lowest BCUT2D eigenvalue weighted by Gasteiger charge is -2.17. The largest absolute Gasteiger partial charge is 0.279 e. The molecule has 0 aliphatic carbocycles. The minimum absolute atomic E-state index is 0.0460. The fourth-order valence-electron chi connectivity index (χ4n) is 2.40. The van der Waals surface area contributed by atoms with Crippen molar-refractivity contribution in [2.45, 2.75) is 37.0 Å². The van der Waals surface area contributed by atoms with Gasteiger partial charge >= 0.3 is 0 Å². The molecule has 0 amide bonds. The molecule has 0 aliphatic heterocycles. The number of benzene rings is 2. The second kappa shape index (κ2) is 7.38. The highest BCUT2D eigenvalue weighted by Crippen LogP contribution is 2.27. The summed E-state index contributed by atoms with van der Waals surface area (Å²) < 4.78 is 53.8. The maximum Gasteiger partial charge on any atom is 0.261 e. The first-order chi connectivity index (χ1) is 12.0. The summed E-state index contributed by atoms with van der Waals surface area (Å²) >= 11 is 0. The Balaban J connectivity index is 2.49. The standard InChI is InChI=1S/C18H24N2O4S2/c1-6-15-7-9-16(10-8-15)25(21,22)19-18-12-17(11-13(2)14(18)3)26(23,24)20(4)5/h7-12,19H,6H2,1-5H3. The van der Waals surface area contributed by atoms with Gasteiger partial charge in [-0.3, -0.25) is 4.72 Å². The van der Waals surface area contributed by atoms with Crippen molar-refractivity contribution in [3.63, 3.8) is 0 Å². The number of anilines is 1. The lowest BCUT2D eigenvalue weighted by atomic mass is 10.1. The summed E-state index contributed by atoms with van der Waals surface area (Å²) in [5, 5.41) is 0. The van der Waals surface area contributed by atoms with Gasteiger partial charge < -0.3 is 0 Å². The minimum atomic E-state index is -3.82. The van der Waals surface area contributed by atoms with Crippen LogP contribution < -0.4 is 4.72 Å². The minimum Gasteiger partial charge on any atom is -0.279 e. The van der Waals surface area contributed by atoms with E-state index >= 15 is 0 Å². The molecule has 26 heavy (non-hydrogen) atoms. The predicted octanol–water partition coefficient (Wildman–Crippen LogP) is 2.92. The first-order valence-electron chi connectivity index (χ1n) is 8.14. The summed E-state index contributed by atoms with van der Waals surface area (Å²) in [5.74, 6) is 0. The Kier molecular flexibility index (Phi) is 5.79. The van der Waals surface area contributed by atoms with Crippen molar-refractivity contribution in [3.05, 3.63) is 53.1 Å². The van der Waals surface area contributed by atoms with E-state index in [-0.39, 0.29) is 15.5 Å². The van der Waals surface area contributed by atoms with E-state index in [0.29, 0.717) is 11.1 Å². The van der Waals surface area contributed by atoms with Crippen LogP contribution in [0.5, 0.6) is 0 Å². The van der Waals surface area contributed by atoms with E-state index in [4.69, 9.17) is 0 Å². The average Bonchev–Trinajstić information content (AvgIpc) is 2.58. The summed E-state index contributed by atoms with van der Waals surface area (Å²) in [7, 11) is -4.62. The van der Waals surface area contributed by atoms with Gasteiger partial charge in [0, 0.05) is 14.1 Å². The van der Waals surface area contributed by atoms with Crippen molar-refractivity contribution in [1.82, 2.24) is 4.31 Å². The zero-order valence-corrected chi connectivity index (χ0v) is 17.2. The van der Waals surface area contributed by atoms with E-state index in [9.17, 15) is 16.8 Å². The van der Waals surface area contributed by atoms with Crippen molar-refractivity contribution in [2.75, 3.05) is 18.8 Å². The molecule has 0 aliphatic rings. The number of aryl methyl sites for hydroxylation is 2. The second-order valence-electron chi connectivity index (χ2n) is 6.30. The van der Waals surface area contributed by atoms with Gasteiger partial charge in [0.05, 0.1) is 15.5 Å². The molecule has 2 aromatic rings. The average molecular weight is 397 g/mol. The molecule has 0 saturated heterocycles. The van der Waals surface area contributed by atoms with Gasteiger partial charge in [-0.1, -0.05) is 19.1 Å². The molecule has 0 spiro atoms. The van der Waals surface area contributed by atoms with Gasteiger partial charge in [-0.05, 0) is 61.2 Å². The smallest absolute Gasteiger partial charge is 0.261 e. The van der Waals surface area contributed by atoms with Gasteiger partial charge in [-0.25, -0.2) is 21.1 Å². The van der Waals surface area contributed by atoms with Crippen molar-refractivity contribution in [2.24, 2.45) is 0 Å². The first-order valence-corrected chi connectivity index (χ1v) is 11.1. The van der Waals surface area contributed by atoms with Crippen LogP contribution in [0, 0.1) is 13.8 Å². The van der Waals surface area contributed by atoms with Crippen LogP contribution in [0.1, 0.15) is 23.6 Å². The van der Waals surface area contributed by atoms with E-state index < -0.39 is 20.0 Å². The zero-order valence-electron chi connectivity index (χ0n) is 15.6. The van der Waals surface area contributed by atoms with Crippen LogP contribution in [0.2, 0.25) is 0 Å². The Labute approximate surface area is 156 Å². The van der Waals surface area contributed by atoms with Crippen LogP contribution in [0.3, 0.4) is 0 Å². The van der Waals surface area contributed by atoms with Crippen molar-refractivity contribution < 1.29 is 16.8 Å². The molecule has 2 aromatic carbocycles. The summed E-state index contributed by atoms with van der Waals surface area (Å²) in [4.78, 5) is 0.178. The zero-order chi connectivity index (χ0) is 19.7. The quantitative estimate of drug-likeness (QED) is 0.814. The summed E-state index contributed by atoms with van der Waals surface area (Å²) in [6.07, 6.45) is 0.816. The summed E-state index contributed by atoms with van der Waals surface area (Å²) in [5.41, 5.74) is 2.66. The monoisotopic (exact) mass is 396 g/mol. The van der Waals surface area contributed by atoms with E-state index in [1.807, 2.05) is 6.92 Å². The van der Waals surface area contributed by atoms with Crippen LogP contribution >= 0.6 is 0 Å². The Morgan fingerprint density at radius 1 is 0.923 bits per heavy atom. The number of nitrogens with one attached hydrogen (secondary N) is 1. The van der Waals surface area contributed by atoms with Gasteiger partial charge in [0.25, 0.3) is 10.0 Å². The normalized spacial score (nSPS) is 12.4. The fraction of sp³-hybridized carbons (Fsp3) is 0.333. The number of sulfonamides is 2. The van der Waals surface area contributed by atoms with Crippen LogP contribution in [0.25, 0.3) is 0 Å². The molecule has 142 valence electrons. The maximum absolute atomic E-state index is 12.7. The molecule has 0 saturated carbocycles. The van der Waals surface area contributed by atoms with Crippen molar-refractivity contribution >= 4 is 25.7 Å². The molecular formula is C18H24N2O4S2. The van der Waals surface area contributed by atoms with Crippen molar-refractivity contribution in [3.8, 4) is 0 Å². The number of rotatable bonds is 6. The van der Waals surface area contributed by atoms with Gasteiger partial charge in [-0.2, -0.15) is 0 Å². The summed E-state index contributed by atoms with van der Waals surface area (Å²) in [6, 6.07) is 9.51. The van der Waals surface area contributed by atoms with E-state index in [2.05, 4.69) is 4.72 Å². The SMILES string of the molecule is CCc1ccc(S(=O)(=O)Nc2cc(S(=O)(=O)N(C)C)cc(C)c2C)cc1. The van der Waals surface area contributed by atoms with Gasteiger partial charge in [0.1, 0.15) is 0 Å². The molecule has 0 aromatic heterocycles. The number of nitrogens with zero attached hydrogens (tertiary/aromatic N) is 1. The molecular weight excluding hydrogens is 372 g/mol. The third kappa shape index (κ3) is 4.08. The highest BCUT2D eigenvalue weighted by Gasteiger charge is 2.22. The lowest BCUT2D eigenvalue weighted by molar-refractivity contribution is 0.520. The molecule has 0 bridgehead atoms. The van der Waals surface area contributed by atoms with Gasteiger partial charge in [0.2, 0.25) is 10.0 Å². The second-order valence-corrected chi connectivity index (χ2v) is 10.1. The molecule has 0 atom stereocenters. The first kappa shape index (κ1) is 20.4. The topological polar surface area (TPSA) is 83.5 Å². The summed E-state index contributed by atoms with van der Waals surface area (Å²) in [6.45, 7) is 5.49. The highest BCUT2D eigenvalue weighted by molar-refractivity contribution is 7.92. The Bertz CT molecular complexity index is 1010. The van der Waals surface area contributed by atoms with E-state index in [1.54, 1.807) is 44.2 Å². The maximum atomic E-state index is 12.7. The molecule has 1 N–H and O–H groups in total. The molecule has 6 nitrogen and oxygen atoms in total. The van der Waals surface area contributed by atoms with Crippen molar-refractivity contribution in [1.29, 1.82) is 0 Å². The van der Waals surface area contributed by atoms with E-state index in [0.717, 1.165) is 16.3 Å². The van der Waals surface area contributed by atoms with Crippen LogP contribution in [-0.4, -0.2) is 35.2 Å². The third-order valence-corrected chi connectivity index (χ3v) is 7.48. The molecule has 0 radical (unpaired) electrons. The fourth-order valence-corrected chi connectivity index (χ4v) is 4.53. The number of hydrogen-bond donors (Lipinski definition) is 1.